The van der Waals surface area contributed by atoms with Gasteiger partial charge < -0.3 is 14.7 Å². The van der Waals surface area contributed by atoms with Crippen LogP contribution in [0.25, 0.3) is 0 Å². The van der Waals surface area contributed by atoms with Crippen LogP contribution in [0.4, 0.5) is 4.79 Å². The number of likely N-dealkylation sites (tertiary alicyclic amines) is 1. The summed E-state index contributed by atoms with van der Waals surface area (Å²) in [5, 5.41) is 9.86. The van der Waals surface area contributed by atoms with E-state index in [9.17, 15) is 9.90 Å². The number of ether oxygens (including phenoxy) is 1. The van der Waals surface area contributed by atoms with Crippen molar-refractivity contribution < 1.29 is 14.6 Å². The van der Waals surface area contributed by atoms with Crippen molar-refractivity contribution in [3.8, 4) is 5.75 Å². The Morgan fingerprint density at radius 3 is 2.73 bits per heavy atom. The molecule has 1 aromatic carbocycles. The number of piperidine rings is 1. The molecule has 0 spiro atoms. The van der Waals surface area contributed by atoms with Gasteiger partial charge in [0.2, 0.25) is 0 Å². The zero-order valence-corrected chi connectivity index (χ0v) is 13.8. The molecule has 0 bridgehead atoms. The van der Waals surface area contributed by atoms with Gasteiger partial charge in [0, 0.05) is 12.6 Å². The summed E-state index contributed by atoms with van der Waals surface area (Å²) in [5.41, 5.74) is 0.480. The lowest BCUT2D eigenvalue weighted by molar-refractivity contribution is 0.00891. The maximum atomic E-state index is 12.4. The van der Waals surface area contributed by atoms with Gasteiger partial charge in [-0.25, -0.2) is 4.79 Å². The summed E-state index contributed by atoms with van der Waals surface area (Å²) >= 11 is 0. The monoisotopic (exact) mass is 305 g/mol. The molecule has 0 aliphatic carbocycles. The second-order valence-corrected chi connectivity index (χ2v) is 6.99. The number of aryl methyl sites for hydroxylation is 1. The van der Waals surface area contributed by atoms with Crippen molar-refractivity contribution >= 4 is 6.09 Å². The second kappa shape index (κ2) is 7.03. The molecular formula is C18H27NO3. The Kier molecular flexibility index (Phi) is 5.33. The average Bonchev–Trinajstić information content (AvgIpc) is 2.45. The van der Waals surface area contributed by atoms with Gasteiger partial charge in [-0.2, -0.15) is 0 Å². The number of carbonyl (C=O) groups excluding carboxylic acids is 1. The molecule has 1 unspecified atom stereocenters. The molecule has 1 amide bonds. The summed E-state index contributed by atoms with van der Waals surface area (Å²) < 4.78 is 5.52. The molecule has 0 aromatic heterocycles. The molecule has 4 heteroatoms. The third kappa shape index (κ3) is 4.65. The predicted molar refractivity (Wildman–Crippen MR) is 87.0 cm³/mol. The number of hydrogen-bond acceptors (Lipinski definition) is 3. The lowest BCUT2D eigenvalue weighted by Gasteiger charge is -2.37. The molecule has 1 fully saturated rings. The number of nitrogens with zero attached hydrogens (tertiary/aromatic N) is 1. The summed E-state index contributed by atoms with van der Waals surface area (Å²) in [6.07, 6.45) is 4.60. The number of carbonyl (C=O) groups is 1. The first-order valence-electron chi connectivity index (χ1n) is 8.13. The molecule has 1 N–H and O–H groups in total. The summed E-state index contributed by atoms with van der Waals surface area (Å²) in [6.45, 7) is 6.45. The van der Waals surface area contributed by atoms with Gasteiger partial charge in [-0.3, -0.25) is 0 Å². The quantitative estimate of drug-likeness (QED) is 0.914. The van der Waals surface area contributed by atoms with E-state index < -0.39 is 5.60 Å². The Hall–Kier alpha value is -1.71. The van der Waals surface area contributed by atoms with Crippen molar-refractivity contribution in [2.24, 2.45) is 0 Å². The Balaban J connectivity index is 1.98. The zero-order chi connectivity index (χ0) is 16.2. The smallest absolute Gasteiger partial charge is 0.410 e. The van der Waals surface area contributed by atoms with Crippen molar-refractivity contribution in [3.63, 3.8) is 0 Å². The maximum Gasteiger partial charge on any atom is 0.410 e. The van der Waals surface area contributed by atoms with Crippen molar-refractivity contribution in [3.05, 3.63) is 29.8 Å². The van der Waals surface area contributed by atoms with Gasteiger partial charge in [-0.15, -0.1) is 0 Å². The molecule has 122 valence electrons. The zero-order valence-electron chi connectivity index (χ0n) is 13.8. The van der Waals surface area contributed by atoms with Gasteiger partial charge in [-0.05, 0) is 64.5 Å². The summed E-state index contributed by atoms with van der Waals surface area (Å²) in [5.74, 6) is 0.335. The highest BCUT2D eigenvalue weighted by Crippen LogP contribution is 2.25. The largest absolute Gasteiger partial charge is 0.508 e. The Bertz CT molecular complexity index is 507. The lowest BCUT2D eigenvalue weighted by atomic mass is 9.96. The summed E-state index contributed by atoms with van der Waals surface area (Å²) in [6, 6.07) is 7.61. The van der Waals surface area contributed by atoms with E-state index in [-0.39, 0.29) is 12.1 Å². The first-order chi connectivity index (χ1) is 10.4. The van der Waals surface area contributed by atoms with Crippen LogP contribution in [-0.4, -0.2) is 34.3 Å². The number of para-hydroxylation sites is 1. The van der Waals surface area contributed by atoms with Gasteiger partial charge >= 0.3 is 6.09 Å². The fourth-order valence-corrected chi connectivity index (χ4v) is 2.91. The van der Waals surface area contributed by atoms with Crippen LogP contribution in [0.15, 0.2) is 24.3 Å². The fraction of sp³-hybridized carbons (Fsp3) is 0.611. The SMILES string of the molecule is CC(C)(C)OC(=O)N1CCCCC1CCc1ccccc1O. The van der Waals surface area contributed by atoms with Crippen LogP contribution >= 0.6 is 0 Å². The second-order valence-electron chi connectivity index (χ2n) is 6.99. The molecule has 1 atom stereocenters. The lowest BCUT2D eigenvalue weighted by Crippen LogP contribution is -2.46. The summed E-state index contributed by atoms with van der Waals surface area (Å²) in [4.78, 5) is 14.2. The summed E-state index contributed by atoms with van der Waals surface area (Å²) in [7, 11) is 0. The third-order valence-electron chi connectivity index (χ3n) is 3.99. The molecule has 1 aliphatic rings. The minimum atomic E-state index is -0.462. The molecule has 1 aliphatic heterocycles. The topological polar surface area (TPSA) is 49.8 Å². The highest BCUT2D eigenvalue weighted by Gasteiger charge is 2.30. The number of aromatic hydroxyl groups is 1. The van der Waals surface area contributed by atoms with E-state index in [1.54, 1.807) is 6.07 Å². The van der Waals surface area contributed by atoms with Crippen LogP contribution in [0.2, 0.25) is 0 Å². The molecule has 0 radical (unpaired) electrons. The molecular weight excluding hydrogens is 278 g/mol. The van der Waals surface area contributed by atoms with Crippen molar-refractivity contribution in [1.82, 2.24) is 4.90 Å². The molecule has 0 saturated carbocycles. The molecule has 4 nitrogen and oxygen atoms in total. The van der Waals surface area contributed by atoms with Crippen molar-refractivity contribution in [2.75, 3.05) is 6.54 Å². The Morgan fingerprint density at radius 2 is 2.05 bits per heavy atom. The van der Waals surface area contributed by atoms with Gasteiger partial charge in [0.15, 0.2) is 0 Å². The van der Waals surface area contributed by atoms with Gasteiger partial charge in [0.1, 0.15) is 11.4 Å². The fourth-order valence-electron chi connectivity index (χ4n) is 2.91. The number of rotatable bonds is 3. The van der Waals surface area contributed by atoms with E-state index in [0.29, 0.717) is 5.75 Å². The minimum Gasteiger partial charge on any atom is -0.508 e. The van der Waals surface area contributed by atoms with Gasteiger partial charge in [0.25, 0.3) is 0 Å². The number of hydrogen-bond donors (Lipinski definition) is 1. The van der Waals surface area contributed by atoms with Gasteiger partial charge in [0.05, 0.1) is 0 Å². The Morgan fingerprint density at radius 1 is 1.32 bits per heavy atom. The van der Waals surface area contributed by atoms with E-state index >= 15 is 0 Å². The van der Waals surface area contributed by atoms with Crippen LogP contribution < -0.4 is 0 Å². The molecule has 1 saturated heterocycles. The standard InChI is InChI=1S/C18H27NO3/c1-18(2,3)22-17(21)19-13-7-6-9-15(19)12-11-14-8-4-5-10-16(14)20/h4-5,8,10,15,20H,6-7,9,11-13H2,1-3H3. The molecule has 2 rings (SSSR count). The highest BCUT2D eigenvalue weighted by atomic mass is 16.6. The van der Waals surface area contributed by atoms with Crippen LogP contribution in [0.1, 0.15) is 52.0 Å². The molecule has 1 aromatic rings. The van der Waals surface area contributed by atoms with Crippen LogP contribution in [-0.2, 0) is 11.2 Å². The molecule has 22 heavy (non-hydrogen) atoms. The van der Waals surface area contributed by atoms with E-state index in [4.69, 9.17) is 4.74 Å². The predicted octanol–water partition coefficient (Wildman–Crippen LogP) is 4.11. The van der Waals surface area contributed by atoms with Crippen LogP contribution in [0.3, 0.4) is 0 Å². The highest BCUT2D eigenvalue weighted by molar-refractivity contribution is 5.68. The van der Waals surface area contributed by atoms with Crippen molar-refractivity contribution in [2.45, 2.75) is 64.5 Å². The molecule has 1 heterocycles. The van der Waals surface area contributed by atoms with Crippen LogP contribution in [0, 0.1) is 0 Å². The number of phenols is 1. The maximum absolute atomic E-state index is 12.4. The first-order valence-corrected chi connectivity index (χ1v) is 8.13. The first kappa shape index (κ1) is 16.7. The third-order valence-corrected chi connectivity index (χ3v) is 3.99. The van der Waals surface area contributed by atoms with E-state index in [1.807, 2.05) is 43.9 Å². The normalized spacial score (nSPS) is 19.0. The van der Waals surface area contributed by atoms with E-state index in [0.717, 1.165) is 44.2 Å². The Labute approximate surface area is 133 Å². The van der Waals surface area contributed by atoms with E-state index in [2.05, 4.69) is 0 Å². The average molecular weight is 305 g/mol. The van der Waals surface area contributed by atoms with Gasteiger partial charge in [-0.1, -0.05) is 18.2 Å². The van der Waals surface area contributed by atoms with E-state index in [1.165, 1.54) is 0 Å². The number of amides is 1. The minimum absolute atomic E-state index is 0.197. The van der Waals surface area contributed by atoms with Crippen LogP contribution in [0.5, 0.6) is 5.75 Å². The number of phenolic OH excluding ortho intramolecular Hbond substituents is 1. The van der Waals surface area contributed by atoms with Crippen molar-refractivity contribution in [1.29, 1.82) is 0 Å². The number of benzene rings is 1.